The minimum Gasteiger partial charge on any atom is -0.496 e. The van der Waals surface area contributed by atoms with Crippen molar-refractivity contribution in [2.24, 2.45) is 0 Å². The molecule has 3 rings (SSSR count). The molecule has 24 heavy (non-hydrogen) atoms. The third-order valence-electron chi connectivity index (χ3n) is 4.82. The standard InChI is InChI=1S/C18H26N2O4/c1-19(13-15-5-3-4-6-16(15)22-2)17(21)14-20-9-7-18(8-10-20)23-11-12-24-18/h3-6H,7-14H2,1-2H3. The molecule has 2 aliphatic heterocycles. The summed E-state index contributed by atoms with van der Waals surface area (Å²) in [6.07, 6.45) is 1.66. The number of ether oxygens (including phenoxy) is 3. The number of carbonyl (C=O) groups excluding carboxylic acids is 1. The van der Waals surface area contributed by atoms with Crippen molar-refractivity contribution in [3.05, 3.63) is 29.8 Å². The minimum atomic E-state index is -0.386. The van der Waals surface area contributed by atoms with Crippen LogP contribution in [0.2, 0.25) is 0 Å². The molecule has 2 aliphatic rings. The second-order valence-electron chi connectivity index (χ2n) is 6.45. The molecule has 2 fully saturated rings. The van der Waals surface area contributed by atoms with E-state index in [0.29, 0.717) is 26.3 Å². The summed E-state index contributed by atoms with van der Waals surface area (Å²) in [6.45, 7) is 4.00. The van der Waals surface area contributed by atoms with Crippen molar-refractivity contribution >= 4 is 5.91 Å². The third kappa shape index (κ3) is 3.88. The van der Waals surface area contributed by atoms with Crippen LogP contribution in [0.3, 0.4) is 0 Å². The zero-order valence-electron chi connectivity index (χ0n) is 14.5. The molecule has 1 spiro atoms. The van der Waals surface area contributed by atoms with E-state index >= 15 is 0 Å². The van der Waals surface area contributed by atoms with Gasteiger partial charge in [0, 0.05) is 45.1 Å². The number of nitrogens with zero attached hydrogens (tertiary/aromatic N) is 2. The van der Waals surface area contributed by atoms with Crippen LogP contribution in [0, 0.1) is 0 Å². The van der Waals surface area contributed by atoms with E-state index < -0.39 is 0 Å². The molecule has 0 bridgehead atoms. The highest BCUT2D eigenvalue weighted by Crippen LogP contribution is 2.31. The topological polar surface area (TPSA) is 51.2 Å². The molecule has 6 nitrogen and oxygen atoms in total. The van der Waals surface area contributed by atoms with Gasteiger partial charge in [-0.3, -0.25) is 9.69 Å². The zero-order valence-corrected chi connectivity index (χ0v) is 14.5. The highest BCUT2D eigenvalue weighted by atomic mass is 16.7. The molecule has 2 saturated heterocycles. The van der Waals surface area contributed by atoms with Gasteiger partial charge in [-0.2, -0.15) is 0 Å². The van der Waals surface area contributed by atoms with E-state index in [1.54, 1.807) is 12.0 Å². The van der Waals surface area contributed by atoms with Crippen molar-refractivity contribution in [1.82, 2.24) is 9.80 Å². The molecule has 0 atom stereocenters. The highest BCUT2D eigenvalue weighted by Gasteiger charge is 2.40. The van der Waals surface area contributed by atoms with Gasteiger partial charge in [-0.1, -0.05) is 18.2 Å². The third-order valence-corrected chi connectivity index (χ3v) is 4.82. The van der Waals surface area contributed by atoms with Gasteiger partial charge >= 0.3 is 0 Å². The van der Waals surface area contributed by atoms with Crippen LogP contribution >= 0.6 is 0 Å². The maximum Gasteiger partial charge on any atom is 0.236 e. The summed E-state index contributed by atoms with van der Waals surface area (Å²) in [5.74, 6) is 0.542. The van der Waals surface area contributed by atoms with Crippen LogP contribution in [0.15, 0.2) is 24.3 Å². The van der Waals surface area contributed by atoms with Crippen molar-refractivity contribution in [3.63, 3.8) is 0 Å². The van der Waals surface area contributed by atoms with Gasteiger partial charge in [-0.15, -0.1) is 0 Å². The Balaban J connectivity index is 1.50. The van der Waals surface area contributed by atoms with Gasteiger partial charge < -0.3 is 19.1 Å². The van der Waals surface area contributed by atoms with Gasteiger partial charge in [0.15, 0.2) is 5.79 Å². The molecule has 0 unspecified atom stereocenters. The van der Waals surface area contributed by atoms with E-state index in [0.717, 1.165) is 37.2 Å². The SMILES string of the molecule is COc1ccccc1CN(C)C(=O)CN1CCC2(CC1)OCCO2. The first-order valence-corrected chi connectivity index (χ1v) is 8.48. The first-order valence-electron chi connectivity index (χ1n) is 8.48. The minimum absolute atomic E-state index is 0.116. The van der Waals surface area contributed by atoms with Crippen molar-refractivity contribution in [2.45, 2.75) is 25.2 Å². The van der Waals surface area contributed by atoms with E-state index in [1.165, 1.54) is 0 Å². The van der Waals surface area contributed by atoms with Crippen LogP contribution in [-0.2, 0) is 20.8 Å². The first kappa shape index (κ1) is 17.2. The Hall–Kier alpha value is -1.63. The molecular formula is C18H26N2O4. The zero-order chi connectivity index (χ0) is 17.0. The van der Waals surface area contributed by atoms with Crippen LogP contribution in [0.1, 0.15) is 18.4 Å². The average Bonchev–Trinajstić information content (AvgIpc) is 3.06. The number of carbonyl (C=O) groups is 1. The lowest BCUT2D eigenvalue weighted by Crippen LogP contribution is -2.48. The number of likely N-dealkylation sites (tertiary alicyclic amines) is 1. The maximum atomic E-state index is 12.5. The van der Waals surface area contributed by atoms with Crippen LogP contribution in [0.5, 0.6) is 5.75 Å². The predicted octanol–water partition coefficient (Wildman–Crippen LogP) is 1.49. The maximum absolute atomic E-state index is 12.5. The lowest BCUT2D eigenvalue weighted by atomic mass is 10.0. The van der Waals surface area contributed by atoms with Gasteiger partial charge in [-0.25, -0.2) is 0 Å². The van der Waals surface area contributed by atoms with E-state index in [1.807, 2.05) is 31.3 Å². The second-order valence-corrected chi connectivity index (χ2v) is 6.45. The van der Waals surface area contributed by atoms with Gasteiger partial charge in [-0.05, 0) is 6.07 Å². The van der Waals surface area contributed by atoms with Crippen molar-refractivity contribution < 1.29 is 19.0 Å². The van der Waals surface area contributed by atoms with Gasteiger partial charge in [0.25, 0.3) is 0 Å². The summed E-state index contributed by atoms with van der Waals surface area (Å²) in [7, 11) is 3.49. The summed E-state index contributed by atoms with van der Waals surface area (Å²) in [5.41, 5.74) is 1.02. The largest absolute Gasteiger partial charge is 0.496 e. The molecule has 0 N–H and O–H groups in total. The Bertz CT molecular complexity index is 562. The number of hydrogen-bond acceptors (Lipinski definition) is 5. The number of rotatable bonds is 5. The Morgan fingerprint density at radius 1 is 1.25 bits per heavy atom. The van der Waals surface area contributed by atoms with E-state index in [4.69, 9.17) is 14.2 Å². The fraction of sp³-hybridized carbons (Fsp3) is 0.611. The van der Waals surface area contributed by atoms with E-state index in [9.17, 15) is 4.79 Å². The highest BCUT2D eigenvalue weighted by molar-refractivity contribution is 5.78. The Kier molecular flexibility index (Phi) is 5.38. The number of piperidine rings is 1. The van der Waals surface area contributed by atoms with Crippen molar-refractivity contribution in [2.75, 3.05) is 47.0 Å². The summed E-state index contributed by atoms with van der Waals surface area (Å²) < 4.78 is 16.8. The van der Waals surface area contributed by atoms with E-state index in [-0.39, 0.29) is 11.7 Å². The molecule has 2 heterocycles. The fourth-order valence-corrected chi connectivity index (χ4v) is 3.33. The summed E-state index contributed by atoms with van der Waals surface area (Å²) in [5, 5.41) is 0. The molecule has 0 saturated carbocycles. The summed E-state index contributed by atoms with van der Waals surface area (Å²) in [6, 6.07) is 7.80. The van der Waals surface area contributed by atoms with Gasteiger partial charge in [0.05, 0.1) is 26.9 Å². The molecule has 0 aliphatic carbocycles. The molecule has 1 aromatic carbocycles. The van der Waals surface area contributed by atoms with Crippen molar-refractivity contribution in [3.8, 4) is 5.75 Å². The van der Waals surface area contributed by atoms with Gasteiger partial charge in [0.2, 0.25) is 5.91 Å². The van der Waals surface area contributed by atoms with Crippen LogP contribution in [-0.4, -0.2) is 68.5 Å². The van der Waals surface area contributed by atoms with Gasteiger partial charge in [0.1, 0.15) is 5.75 Å². The monoisotopic (exact) mass is 334 g/mol. The van der Waals surface area contributed by atoms with Crippen LogP contribution < -0.4 is 4.74 Å². The van der Waals surface area contributed by atoms with Crippen LogP contribution in [0.25, 0.3) is 0 Å². The quantitative estimate of drug-likeness (QED) is 0.817. The number of amides is 1. The fourth-order valence-electron chi connectivity index (χ4n) is 3.33. The lowest BCUT2D eigenvalue weighted by molar-refractivity contribution is -0.186. The van der Waals surface area contributed by atoms with Crippen molar-refractivity contribution in [1.29, 1.82) is 0 Å². The molecule has 1 aromatic rings. The molecule has 6 heteroatoms. The normalized spacial score (nSPS) is 20.2. The lowest BCUT2D eigenvalue weighted by Gasteiger charge is -2.37. The molecular weight excluding hydrogens is 308 g/mol. The number of likely N-dealkylation sites (N-methyl/N-ethyl adjacent to an activating group) is 1. The number of benzene rings is 1. The Labute approximate surface area is 143 Å². The summed E-state index contributed by atoms with van der Waals surface area (Å²) >= 11 is 0. The first-order chi connectivity index (χ1) is 11.6. The number of hydrogen-bond donors (Lipinski definition) is 0. The predicted molar refractivity (Wildman–Crippen MR) is 89.8 cm³/mol. The molecule has 0 aromatic heterocycles. The number of para-hydroxylation sites is 1. The molecule has 132 valence electrons. The Morgan fingerprint density at radius 2 is 1.92 bits per heavy atom. The van der Waals surface area contributed by atoms with Crippen LogP contribution in [0.4, 0.5) is 0 Å². The average molecular weight is 334 g/mol. The molecule has 1 amide bonds. The Morgan fingerprint density at radius 3 is 2.58 bits per heavy atom. The summed E-state index contributed by atoms with van der Waals surface area (Å²) in [4.78, 5) is 16.4. The smallest absolute Gasteiger partial charge is 0.236 e. The van der Waals surface area contributed by atoms with E-state index in [2.05, 4.69) is 4.90 Å². The second kappa shape index (κ2) is 7.51. The number of methoxy groups -OCH3 is 1. The molecule has 0 radical (unpaired) electrons.